The maximum atomic E-state index is 11.6. The quantitative estimate of drug-likeness (QED) is 0.509. The molecule has 0 aliphatic carbocycles. The lowest BCUT2D eigenvalue weighted by atomic mass is 10.2. The molecular weight excluding hydrogens is 316 g/mol. The molecule has 0 atom stereocenters. The molecule has 0 fully saturated rings. The zero-order chi connectivity index (χ0) is 18.6. The highest BCUT2D eigenvalue weighted by Crippen LogP contribution is 2.20. The van der Waals surface area contributed by atoms with Crippen LogP contribution in [0.25, 0.3) is 5.69 Å². The normalized spacial score (nSPS) is 11.1. The number of aryl methyl sites for hydroxylation is 2. The van der Waals surface area contributed by atoms with Crippen LogP contribution in [0.1, 0.15) is 36.4 Å². The first kappa shape index (κ1) is 18.4. The number of nitrogens with zero attached hydrogens (tertiary/aromatic N) is 2. The van der Waals surface area contributed by atoms with Crippen LogP contribution >= 0.6 is 0 Å². The zero-order valence-electron chi connectivity index (χ0n) is 15.3. The number of aromatic nitrogens is 1. The summed E-state index contributed by atoms with van der Waals surface area (Å²) in [5.41, 5.74) is 7.46. The van der Waals surface area contributed by atoms with Crippen molar-refractivity contribution in [3.63, 3.8) is 0 Å². The van der Waals surface area contributed by atoms with E-state index in [0.717, 1.165) is 22.6 Å². The number of carbonyl (C=O) groups excluding carboxylic acids is 2. The summed E-state index contributed by atoms with van der Waals surface area (Å²) in [4.78, 5) is 23.2. The van der Waals surface area contributed by atoms with Gasteiger partial charge in [-0.3, -0.25) is 9.59 Å². The SMILES string of the molecule is Cc1cccc(-n2c(C)cc(/C=N\NC(=O)C(=O)NC(C)C)c2C)c1. The van der Waals surface area contributed by atoms with Crippen molar-refractivity contribution in [1.29, 1.82) is 0 Å². The van der Waals surface area contributed by atoms with E-state index in [2.05, 4.69) is 39.5 Å². The molecule has 6 nitrogen and oxygen atoms in total. The molecule has 1 aromatic carbocycles. The predicted molar refractivity (Wildman–Crippen MR) is 99.0 cm³/mol. The van der Waals surface area contributed by atoms with Gasteiger partial charge in [0.2, 0.25) is 0 Å². The Morgan fingerprint density at radius 2 is 1.84 bits per heavy atom. The lowest BCUT2D eigenvalue weighted by Gasteiger charge is -2.10. The highest BCUT2D eigenvalue weighted by atomic mass is 16.2. The molecule has 0 saturated carbocycles. The molecule has 25 heavy (non-hydrogen) atoms. The van der Waals surface area contributed by atoms with E-state index in [4.69, 9.17) is 0 Å². The number of nitrogens with one attached hydrogen (secondary N) is 2. The van der Waals surface area contributed by atoms with E-state index >= 15 is 0 Å². The minimum atomic E-state index is -0.780. The highest BCUT2D eigenvalue weighted by molar-refractivity contribution is 6.35. The molecular formula is C19H24N4O2. The average molecular weight is 340 g/mol. The Kier molecular flexibility index (Phi) is 5.75. The zero-order valence-corrected chi connectivity index (χ0v) is 15.3. The first-order chi connectivity index (χ1) is 11.8. The largest absolute Gasteiger partial charge is 0.346 e. The number of hydrazone groups is 1. The molecule has 0 saturated heterocycles. The summed E-state index contributed by atoms with van der Waals surface area (Å²) in [6.45, 7) is 9.63. The van der Waals surface area contributed by atoms with Crippen LogP contribution in [-0.2, 0) is 9.59 Å². The van der Waals surface area contributed by atoms with Gasteiger partial charge < -0.3 is 9.88 Å². The summed E-state index contributed by atoms with van der Waals surface area (Å²) >= 11 is 0. The minimum absolute atomic E-state index is 0.101. The van der Waals surface area contributed by atoms with Crippen LogP contribution in [0.4, 0.5) is 0 Å². The van der Waals surface area contributed by atoms with Gasteiger partial charge in [0.25, 0.3) is 0 Å². The Morgan fingerprint density at radius 1 is 1.12 bits per heavy atom. The fraction of sp³-hybridized carbons (Fsp3) is 0.316. The lowest BCUT2D eigenvalue weighted by molar-refractivity contribution is -0.139. The van der Waals surface area contributed by atoms with E-state index in [1.807, 2.05) is 32.0 Å². The number of hydrogen-bond acceptors (Lipinski definition) is 3. The van der Waals surface area contributed by atoms with Gasteiger partial charge in [-0.15, -0.1) is 0 Å². The summed E-state index contributed by atoms with van der Waals surface area (Å²) in [6, 6.07) is 10.1. The second-order valence-electron chi connectivity index (χ2n) is 6.33. The number of rotatable bonds is 4. The third-order valence-electron chi connectivity index (χ3n) is 3.73. The molecule has 2 aromatic rings. The monoisotopic (exact) mass is 340 g/mol. The highest BCUT2D eigenvalue weighted by Gasteiger charge is 2.13. The van der Waals surface area contributed by atoms with Crippen LogP contribution in [0, 0.1) is 20.8 Å². The van der Waals surface area contributed by atoms with Gasteiger partial charge in [-0.25, -0.2) is 5.43 Å². The van der Waals surface area contributed by atoms with Gasteiger partial charge in [-0.2, -0.15) is 5.10 Å². The maximum absolute atomic E-state index is 11.6. The Morgan fingerprint density at radius 3 is 2.48 bits per heavy atom. The third kappa shape index (κ3) is 4.56. The minimum Gasteiger partial charge on any atom is -0.346 e. The lowest BCUT2D eigenvalue weighted by Crippen LogP contribution is -2.41. The first-order valence-electron chi connectivity index (χ1n) is 8.19. The van der Waals surface area contributed by atoms with Crippen LogP contribution in [-0.4, -0.2) is 28.6 Å². The summed E-state index contributed by atoms with van der Waals surface area (Å²) in [5.74, 6) is -1.48. The standard InChI is InChI=1S/C19H24N4O2/c1-12(2)21-18(24)19(25)22-20-11-16-10-14(4)23(15(16)5)17-8-6-7-13(3)9-17/h6-12H,1-5H3,(H,21,24)(H,22,25)/b20-11-. The van der Waals surface area contributed by atoms with Gasteiger partial charge in [0.15, 0.2) is 0 Å². The van der Waals surface area contributed by atoms with Crippen molar-refractivity contribution in [3.05, 3.63) is 52.8 Å². The predicted octanol–water partition coefficient (Wildman–Crippen LogP) is 2.38. The van der Waals surface area contributed by atoms with Gasteiger partial charge in [0, 0.05) is 28.7 Å². The molecule has 1 heterocycles. The Labute approximate surface area is 147 Å². The van der Waals surface area contributed by atoms with E-state index in [1.54, 1.807) is 20.1 Å². The first-order valence-corrected chi connectivity index (χ1v) is 8.19. The van der Waals surface area contributed by atoms with Gasteiger partial charge in [-0.05, 0) is 58.4 Å². The summed E-state index contributed by atoms with van der Waals surface area (Å²) in [5, 5.41) is 6.41. The van der Waals surface area contributed by atoms with Crippen molar-refractivity contribution in [3.8, 4) is 5.69 Å². The molecule has 6 heteroatoms. The van der Waals surface area contributed by atoms with Crippen molar-refractivity contribution in [2.75, 3.05) is 0 Å². The number of carbonyl (C=O) groups is 2. The molecule has 0 unspecified atom stereocenters. The Balaban J connectivity index is 2.15. The van der Waals surface area contributed by atoms with Gasteiger partial charge >= 0.3 is 11.8 Å². The van der Waals surface area contributed by atoms with Crippen molar-refractivity contribution in [2.24, 2.45) is 5.10 Å². The molecule has 0 aliphatic heterocycles. The van der Waals surface area contributed by atoms with E-state index < -0.39 is 11.8 Å². The fourth-order valence-corrected chi connectivity index (χ4v) is 2.62. The van der Waals surface area contributed by atoms with Crippen LogP contribution in [0.2, 0.25) is 0 Å². The summed E-state index contributed by atoms with van der Waals surface area (Å²) in [7, 11) is 0. The van der Waals surface area contributed by atoms with Gasteiger partial charge in [-0.1, -0.05) is 12.1 Å². The Bertz CT molecular complexity index is 819. The third-order valence-corrected chi connectivity index (χ3v) is 3.73. The molecule has 0 spiro atoms. The van der Waals surface area contributed by atoms with Gasteiger partial charge in [0.1, 0.15) is 0 Å². The molecule has 0 radical (unpaired) electrons. The van der Waals surface area contributed by atoms with Crippen LogP contribution < -0.4 is 10.7 Å². The van der Waals surface area contributed by atoms with Gasteiger partial charge in [0.05, 0.1) is 6.21 Å². The average Bonchev–Trinajstić information content (AvgIpc) is 2.80. The molecule has 2 amide bonds. The molecule has 0 aliphatic rings. The van der Waals surface area contributed by atoms with Crippen LogP contribution in [0.3, 0.4) is 0 Å². The topological polar surface area (TPSA) is 75.5 Å². The van der Waals surface area contributed by atoms with Crippen molar-refractivity contribution >= 4 is 18.0 Å². The number of benzene rings is 1. The van der Waals surface area contributed by atoms with Crippen molar-refractivity contribution in [1.82, 2.24) is 15.3 Å². The molecule has 1 aromatic heterocycles. The molecule has 2 N–H and O–H groups in total. The summed E-state index contributed by atoms with van der Waals surface area (Å²) in [6.07, 6.45) is 1.55. The summed E-state index contributed by atoms with van der Waals surface area (Å²) < 4.78 is 2.13. The van der Waals surface area contributed by atoms with Crippen molar-refractivity contribution < 1.29 is 9.59 Å². The second kappa shape index (κ2) is 7.79. The smallest absolute Gasteiger partial charge is 0.329 e. The number of amides is 2. The molecule has 2 rings (SSSR count). The van der Waals surface area contributed by atoms with Crippen LogP contribution in [0.5, 0.6) is 0 Å². The van der Waals surface area contributed by atoms with Crippen LogP contribution in [0.15, 0.2) is 35.4 Å². The molecule has 132 valence electrons. The van der Waals surface area contributed by atoms with Crippen molar-refractivity contribution in [2.45, 2.75) is 40.7 Å². The molecule has 0 bridgehead atoms. The van der Waals surface area contributed by atoms with E-state index in [-0.39, 0.29) is 6.04 Å². The van der Waals surface area contributed by atoms with E-state index in [0.29, 0.717) is 0 Å². The van der Waals surface area contributed by atoms with E-state index in [1.165, 1.54) is 5.56 Å². The second-order valence-corrected chi connectivity index (χ2v) is 6.33. The Hall–Kier alpha value is -2.89. The number of hydrogen-bond donors (Lipinski definition) is 2. The fourth-order valence-electron chi connectivity index (χ4n) is 2.62. The maximum Gasteiger partial charge on any atom is 0.329 e. The van der Waals surface area contributed by atoms with E-state index in [9.17, 15) is 9.59 Å².